The summed E-state index contributed by atoms with van der Waals surface area (Å²) >= 11 is 0. The fraction of sp³-hybridized carbons (Fsp3) is 0.750. The summed E-state index contributed by atoms with van der Waals surface area (Å²) in [5, 5.41) is 10.3. The summed E-state index contributed by atoms with van der Waals surface area (Å²) in [6.07, 6.45) is 5.03. The first-order valence-electron chi connectivity index (χ1n) is 6.04. The highest BCUT2D eigenvalue weighted by molar-refractivity contribution is 5.01. The Balaban J connectivity index is 2.13. The van der Waals surface area contributed by atoms with Crippen LogP contribution in [0.4, 0.5) is 0 Å². The van der Waals surface area contributed by atoms with Crippen LogP contribution in [0.1, 0.15) is 38.6 Å². The van der Waals surface area contributed by atoms with Gasteiger partial charge in [-0.1, -0.05) is 13.8 Å². The summed E-state index contributed by atoms with van der Waals surface area (Å²) in [4.78, 5) is 4.25. The zero-order chi connectivity index (χ0) is 11.5. The van der Waals surface area contributed by atoms with E-state index in [1.54, 1.807) is 6.20 Å². The minimum absolute atomic E-state index is 0.0991. The molecule has 4 nitrogen and oxygen atoms in total. The molecular formula is C12H20N2O2. The van der Waals surface area contributed by atoms with E-state index >= 15 is 0 Å². The third-order valence-electron chi connectivity index (χ3n) is 3.23. The lowest BCUT2D eigenvalue weighted by Crippen LogP contribution is -2.25. The molecule has 3 unspecified atom stereocenters. The van der Waals surface area contributed by atoms with Crippen LogP contribution in [0.25, 0.3) is 0 Å². The average Bonchev–Trinajstić information content (AvgIpc) is 2.87. The first-order valence-corrected chi connectivity index (χ1v) is 6.04. The van der Waals surface area contributed by atoms with Gasteiger partial charge in [0.25, 0.3) is 0 Å². The van der Waals surface area contributed by atoms with Crippen molar-refractivity contribution in [2.45, 2.75) is 45.4 Å². The molecule has 0 spiro atoms. The van der Waals surface area contributed by atoms with Crippen molar-refractivity contribution in [1.82, 2.24) is 9.55 Å². The summed E-state index contributed by atoms with van der Waals surface area (Å²) in [6, 6.07) is 0. The van der Waals surface area contributed by atoms with Crippen molar-refractivity contribution in [3.8, 4) is 0 Å². The second-order valence-electron chi connectivity index (χ2n) is 4.53. The van der Waals surface area contributed by atoms with Gasteiger partial charge in [-0.05, 0) is 18.8 Å². The van der Waals surface area contributed by atoms with Crippen molar-refractivity contribution in [2.24, 2.45) is 5.92 Å². The summed E-state index contributed by atoms with van der Waals surface area (Å²) in [5.41, 5.74) is 0. The number of rotatable bonds is 4. The molecule has 4 heteroatoms. The fourth-order valence-electron chi connectivity index (χ4n) is 2.28. The van der Waals surface area contributed by atoms with Gasteiger partial charge in [0.15, 0.2) is 0 Å². The summed E-state index contributed by atoms with van der Waals surface area (Å²) in [5.74, 6) is 1.14. The Hall–Kier alpha value is -0.870. The standard InChI is InChI=1S/C12H20N2O2/c1-3-6-14-7-5-13-12(14)10(15)11-9(2)4-8-16-11/h5,7,9-11,15H,3-4,6,8H2,1-2H3. The lowest BCUT2D eigenvalue weighted by Gasteiger charge is -2.21. The second-order valence-corrected chi connectivity index (χ2v) is 4.53. The Labute approximate surface area is 96.3 Å². The number of aliphatic hydroxyl groups excluding tert-OH is 1. The van der Waals surface area contributed by atoms with Crippen LogP contribution in [-0.2, 0) is 11.3 Å². The van der Waals surface area contributed by atoms with Gasteiger partial charge in [0.1, 0.15) is 11.9 Å². The lowest BCUT2D eigenvalue weighted by atomic mass is 9.99. The SMILES string of the molecule is CCCn1ccnc1C(O)C1OCCC1C. The third-order valence-corrected chi connectivity index (χ3v) is 3.23. The molecule has 3 atom stereocenters. The van der Waals surface area contributed by atoms with Crippen molar-refractivity contribution in [1.29, 1.82) is 0 Å². The van der Waals surface area contributed by atoms with E-state index in [4.69, 9.17) is 4.74 Å². The highest BCUT2D eigenvalue weighted by atomic mass is 16.5. The third kappa shape index (κ3) is 2.13. The molecule has 1 aromatic rings. The molecule has 1 saturated heterocycles. The van der Waals surface area contributed by atoms with Crippen molar-refractivity contribution >= 4 is 0 Å². The van der Waals surface area contributed by atoms with Crippen LogP contribution in [0, 0.1) is 5.92 Å². The van der Waals surface area contributed by atoms with Gasteiger partial charge in [-0.25, -0.2) is 4.98 Å². The molecule has 1 aliphatic rings. The van der Waals surface area contributed by atoms with Crippen molar-refractivity contribution < 1.29 is 9.84 Å². The molecule has 0 saturated carbocycles. The fourth-order valence-corrected chi connectivity index (χ4v) is 2.28. The van der Waals surface area contributed by atoms with E-state index < -0.39 is 6.10 Å². The number of aliphatic hydroxyl groups is 1. The number of hydrogen-bond donors (Lipinski definition) is 1. The quantitative estimate of drug-likeness (QED) is 0.847. The Morgan fingerprint density at radius 3 is 3.12 bits per heavy atom. The minimum atomic E-state index is -0.598. The molecule has 1 fully saturated rings. The van der Waals surface area contributed by atoms with Crippen LogP contribution in [-0.4, -0.2) is 27.4 Å². The van der Waals surface area contributed by atoms with Gasteiger partial charge < -0.3 is 14.4 Å². The van der Waals surface area contributed by atoms with Crippen LogP contribution in [0.15, 0.2) is 12.4 Å². The largest absolute Gasteiger partial charge is 0.382 e. The number of imidazole rings is 1. The van der Waals surface area contributed by atoms with Crippen LogP contribution in [0.2, 0.25) is 0 Å². The van der Waals surface area contributed by atoms with Crippen molar-refractivity contribution in [2.75, 3.05) is 6.61 Å². The molecule has 0 amide bonds. The van der Waals surface area contributed by atoms with Crippen LogP contribution in [0.5, 0.6) is 0 Å². The molecule has 1 aliphatic heterocycles. The molecule has 16 heavy (non-hydrogen) atoms. The molecule has 2 heterocycles. The van der Waals surface area contributed by atoms with Crippen LogP contribution in [0.3, 0.4) is 0 Å². The summed E-state index contributed by atoms with van der Waals surface area (Å²) < 4.78 is 7.59. The van der Waals surface area contributed by atoms with Crippen LogP contribution >= 0.6 is 0 Å². The Kier molecular flexibility index (Phi) is 3.61. The molecule has 0 aliphatic carbocycles. The zero-order valence-corrected chi connectivity index (χ0v) is 9.97. The molecule has 1 aromatic heterocycles. The highest BCUT2D eigenvalue weighted by Gasteiger charge is 2.33. The average molecular weight is 224 g/mol. The predicted molar refractivity (Wildman–Crippen MR) is 61.0 cm³/mol. The van der Waals surface area contributed by atoms with E-state index in [1.165, 1.54) is 0 Å². The van der Waals surface area contributed by atoms with Crippen molar-refractivity contribution in [3.05, 3.63) is 18.2 Å². The molecule has 90 valence electrons. The van der Waals surface area contributed by atoms with Gasteiger partial charge in [0.05, 0.1) is 6.10 Å². The van der Waals surface area contributed by atoms with E-state index in [0.29, 0.717) is 5.92 Å². The Morgan fingerprint density at radius 1 is 1.69 bits per heavy atom. The van der Waals surface area contributed by atoms with Crippen LogP contribution < -0.4 is 0 Å². The second kappa shape index (κ2) is 4.97. The number of nitrogens with zero attached hydrogens (tertiary/aromatic N) is 2. The van der Waals surface area contributed by atoms with Gasteiger partial charge in [-0.2, -0.15) is 0 Å². The molecular weight excluding hydrogens is 204 g/mol. The number of ether oxygens (including phenoxy) is 1. The maximum Gasteiger partial charge on any atom is 0.140 e. The van der Waals surface area contributed by atoms with E-state index in [0.717, 1.165) is 31.8 Å². The first kappa shape index (κ1) is 11.6. The maximum atomic E-state index is 10.3. The van der Waals surface area contributed by atoms with E-state index in [1.807, 2.05) is 10.8 Å². The van der Waals surface area contributed by atoms with Gasteiger partial charge in [0, 0.05) is 25.5 Å². The van der Waals surface area contributed by atoms with Gasteiger partial charge in [-0.15, -0.1) is 0 Å². The van der Waals surface area contributed by atoms with E-state index in [2.05, 4.69) is 18.8 Å². The monoisotopic (exact) mass is 224 g/mol. The summed E-state index contributed by atoms with van der Waals surface area (Å²) in [7, 11) is 0. The molecule has 0 radical (unpaired) electrons. The lowest BCUT2D eigenvalue weighted by molar-refractivity contribution is -0.0236. The van der Waals surface area contributed by atoms with Gasteiger partial charge in [-0.3, -0.25) is 0 Å². The molecule has 1 N–H and O–H groups in total. The smallest absolute Gasteiger partial charge is 0.140 e. The minimum Gasteiger partial charge on any atom is -0.382 e. The Bertz CT molecular complexity index is 338. The van der Waals surface area contributed by atoms with Crippen molar-refractivity contribution in [3.63, 3.8) is 0 Å². The first-order chi connectivity index (χ1) is 7.74. The number of aromatic nitrogens is 2. The van der Waals surface area contributed by atoms with E-state index in [-0.39, 0.29) is 6.10 Å². The van der Waals surface area contributed by atoms with E-state index in [9.17, 15) is 5.11 Å². The number of aryl methyl sites for hydroxylation is 1. The normalized spacial score (nSPS) is 27.2. The Morgan fingerprint density at radius 2 is 2.50 bits per heavy atom. The molecule has 0 aromatic carbocycles. The zero-order valence-electron chi connectivity index (χ0n) is 9.97. The number of hydrogen-bond acceptors (Lipinski definition) is 3. The topological polar surface area (TPSA) is 47.3 Å². The molecule has 0 bridgehead atoms. The van der Waals surface area contributed by atoms with Gasteiger partial charge >= 0.3 is 0 Å². The summed E-state index contributed by atoms with van der Waals surface area (Å²) in [6.45, 7) is 5.88. The predicted octanol–water partition coefficient (Wildman–Crippen LogP) is 1.75. The highest BCUT2D eigenvalue weighted by Crippen LogP contribution is 2.30. The maximum absolute atomic E-state index is 10.3. The molecule has 2 rings (SSSR count). The van der Waals surface area contributed by atoms with Gasteiger partial charge in [0.2, 0.25) is 0 Å².